The Labute approximate surface area is 114 Å². The third kappa shape index (κ3) is 3.67. The topological polar surface area (TPSA) is 119 Å². The Bertz CT molecular complexity index is 543. The van der Waals surface area contributed by atoms with Crippen molar-refractivity contribution < 1.29 is 24.4 Å². The average Bonchev–Trinajstić information content (AvgIpc) is 2.43. The minimum absolute atomic E-state index is 0.122. The van der Waals surface area contributed by atoms with Crippen LogP contribution < -0.4 is 10.1 Å². The van der Waals surface area contributed by atoms with Gasteiger partial charge in [0.1, 0.15) is 11.3 Å². The first-order valence-corrected chi connectivity index (χ1v) is 5.70. The zero-order chi connectivity index (χ0) is 15.3. The Morgan fingerprint density at radius 3 is 2.65 bits per heavy atom. The van der Waals surface area contributed by atoms with Crippen molar-refractivity contribution >= 4 is 17.6 Å². The first-order chi connectivity index (χ1) is 9.36. The normalized spacial score (nSPS) is 11.5. The number of nitro groups is 1. The number of carboxylic acids is 1. The molecule has 1 amide bonds. The molecule has 1 aromatic carbocycles. The number of carboxylic acid groups (broad SMARTS) is 1. The second-order valence-electron chi connectivity index (χ2n) is 4.09. The number of aliphatic carboxylic acids is 1. The summed E-state index contributed by atoms with van der Waals surface area (Å²) in [5.74, 6) is -2.27. The Morgan fingerprint density at radius 1 is 1.50 bits per heavy atom. The maximum atomic E-state index is 11.9. The molecule has 0 aliphatic heterocycles. The molecule has 0 bridgehead atoms. The molecule has 8 nitrogen and oxygen atoms in total. The zero-order valence-corrected chi connectivity index (χ0v) is 11.0. The number of hydrogen-bond acceptors (Lipinski definition) is 5. The van der Waals surface area contributed by atoms with Gasteiger partial charge in [0.05, 0.1) is 18.0 Å². The van der Waals surface area contributed by atoms with Crippen LogP contribution in [0.5, 0.6) is 5.75 Å². The molecule has 0 saturated heterocycles. The van der Waals surface area contributed by atoms with Gasteiger partial charge in [0.15, 0.2) is 0 Å². The SMILES string of the molecule is COc1ccc([N+](=O)[O-])c(C(=O)NCC(C)C(=O)O)c1. The molecule has 2 N–H and O–H groups in total. The second-order valence-corrected chi connectivity index (χ2v) is 4.09. The summed E-state index contributed by atoms with van der Waals surface area (Å²) in [5.41, 5.74) is -0.543. The lowest BCUT2D eigenvalue weighted by Crippen LogP contribution is -2.31. The standard InChI is InChI=1S/C12H14N2O6/c1-7(12(16)17)6-13-11(15)9-5-8(20-2)3-4-10(9)14(18)19/h3-5,7H,6H2,1-2H3,(H,13,15)(H,16,17). The molecule has 0 aliphatic carbocycles. The number of nitro benzene ring substituents is 1. The van der Waals surface area contributed by atoms with Crippen LogP contribution in [-0.4, -0.2) is 35.6 Å². The summed E-state index contributed by atoms with van der Waals surface area (Å²) < 4.78 is 4.91. The molecule has 1 unspecified atom stereocenters. The van der Waals surface area contributed by atoms with Gasteiger partial charge in [-0.3, -0.25) is 19.7 Å². The van der Waals surface area contributed by atoms with Crippen molar-refractivity contribution in [3.63, 3.8) is 0 Å². The van der Waals surface area contributed by atoms with Gasteiger partial charge in [-0.25, -0.2) is 0 Å². The van der Waals surface area contributed by atoms with Crippen molar-refractivity contribution in [2.24, 2.45) is 5.92 Å². The first kappa shape index (κ1) is 15.4. The van der Waals surface area contributed by atoms with Gasteiger partial charge < -0.3 is 15.2 Å². The van der Waals surface area contributed by atoms with Gasteiger partial charge in [0.25, 0.3) is 11.6 Å². The lowest BCUT2D eigenvalue weighted by molar-refractivity contribution is -0.385. The van der Waals surface area contributed by atoms with E-state index in [0.29, 0.717) is 5.75 Å². The van der Waals surface area contributed by atoms with Crippen LogP contribution in [0.25, 0.3) is 0 Å². The van der Waals surface area contributed by atoms with E-state index < -0.39 is 22.7 Å². The first-order valence-electron chi connectivity index (χ1n) is 5.70. The lowest BCUT2D eigenvalue weighted by atomic mass is 10.1. The number of hydrogen-bond donors (Lipinski definition) is 2. The summed E-state index contributed by atoms with van der Waals surface area (Å²) >= 11 is 0. The van der Waals surface area contributed by atoms with Crippen LogP contribution in [0.4, 0.5) is 5.69 Å². The van der Waals surface area contributed by atoms with Crippen LogP contribution in [0.3, 0.4) is 0 Å². The minimum atomic E-state index is -1.06. The smallest absolute Gasteiger partial charge is 0.308 e. The van der Waals surface area contributed by atoms with Gasteiger partial charge in [-0.2, -0.15) is 0 Å². The largest absolute Gasteiger partial charge is 0.497 e. The van der Waals surface area contributed by atoms with Crippen molar-refractivity contribution in [3.05, 3.63) is 33.9 Å². The molecule has 0 spiro atoms. The van der Waals surface area contributed by atoms with Crippen molar-refractivity contribution in [1.82, 2.24) is 5.32 Å². The lowest BCUT2D eigenvalue weighted by Gasteiger charge is -2.09. The molecule has 8 heteroatoms. The molecule has 0 aliphatic rings. The summed E-state index contributed by atoms with van der Waals surface area (Å²) in [6.45, 7) is 1.30. The van der Waals surface area contributed by atoms with Crippen LogP contribution in [0.2, 0.25) is 0 Å². The predicted octanol–water partition coefficient (Wildman–Crippen LogP) is 1.05. The molecule has 0 heterocycles. The number of methoxy groups -OCH3 is 1. The Balaban J connectivity index is 2.95. The van der Waals surface area contributed by atoms with E-state index in [1.54, 1.807) is 0 Å². The fourth-order valence-corrected chi connectivity index (χ4v) is 1.41. The number of nitrogens with zero attached hydrogens (tertiary/aromatic N) is 1. The van der Waals surface area contributed by atoms with E-state index in [-0.39, 0.29) is 17.8 Å². The van der Waals surface area contributed by atoms with Crippen LogP contribution in [0, 0.1) is 16.0 Å². The number of amides is 1. The van der Waals surface area contributed by atoms with Crippen LogP contribution in [0.15, 0.2) is 18.2 Å². The van der Waals surface area contributed by atoms with E-state index in [1.165, 1.54) is 26.2 Å². The van der Waals surface area contributed by atoms with E-state index in [4.69, 9.17) is 9.84 Å². The molecule has 0 aromatic heterocycles. The number of carbonyl (C=O) groups excluding carboxylic acids is 1. The van der Waals surface area contributed by atoms with Crippen LogP contribution in [-0.2, 0) is 4.79 Å². The second kappa shape index (κ2) is 6.50. The number of benzene rings is 1. The maximum Gasteiger partial charge on any atom is 0.308 e. The van der Waals surface area contributed by atoms with Gasteiger partial charge in [-0.1, -0.05) is 6.92 Å². The molecule has 1 rings (SSSR count). The molecule has 0 saturated carbocycles. The molecular formula is C12H14N2O6. The van der Waals surface area contributed by atoms with Gasteiger partial charge >= 0.3 is 5.97 Å². The van der Waals surface area contributed by atoms with Gasteiger partial charge in [-0.15, -0.1) is 0 Å². The molecule has 1 aromatic rings. The van der Waals surface area contributed by atoms with Gasteiger partial charge in [-0.05, 0) is 12.1 Å². The summed E-state index contributed by atoms with van der Waals surface area (Å²) in [6, 6.07) is 3.77. The Kier molecular flexibility index (Phi) is 5.01. The van der Waals surface area contributed by atoms with Crippen LogP contribution >= 0.6 is 0 Å². The predicted molar refractivity (Wildman–Crippen MR) is 68.8 cm³/mol. The van der Waals surface area contributed by atoms with E-state index in [1.807, 2.05) is 0 Å². The molecule has 108 valence electrons. The van der Waals surface area contributed by atoms with Crippen LogP contribution in [0.1, 0.15) is 17.3 Å². The summed E-state index contributed by atoms with van der Waals surface area (Å²) in [6.07, 6.45) is 0. The number of ether oxygens (including phenoxy) is 1. The molecule has 0 fully saturated rings. The van der Waals surface area contributed by atoms with Gasteiger partial charge in [0.2, 0.25) is 0 Å². The number of rotatable bonds is 6. The molecular weight excluding hydrogens is 268 g/mol. The maximum absolute atomic E-state index is 11.9. The monoisotopic (exact) mass is 282 g/mol. The molecule has 1 atom stereocenters. The minimum Gasteiger partial charge on any atom is -0.497 e. The highest BCUT2D eigenvalue weighted by atomic mass is 16.6. The Hall–Kier alpha value is -2.64. The van der Waals surface area contributed by atoms with Gasteiger partial charge in [0, 0.05) is 12.6 Å². The van der Waals surface area contributed by atoms with Crippen molar-refractivity contribution in [1.29, 1.82) is 0 Å². The van der Waals surface area contributed by atoms with Crippen molar-refractivity contribution in [3.8, 4) is 5.75 Å². The van der Waals surface area contributed by atoms with E-state index in [0.717, 1.165) is 6.07 Å². The zero-order valence-electron chi connectivity index (χ0n) is 11.0. The van der Waals surface area contributed by atoms with E-state index >= 15 is 0 Å². The van der Waals surface area contributed by atoms with Crippen molar-refractivity contribution in [2.75, 3.05) is 13.7 Å². The summed E-state index contributed by atoms with van der Waals surface area (Å²) in [7, 11) is 1.37. The van der Waals surface area contributed by atoms with Crippen molar-refractivity contribution in [2.45, 2.75) is 6.92 Å². The fraction of sp³-hybridized carbons (Fsp3) is 0.333. The average molecular weight is 282 g/mol. The highest BCUT2D eigenvalue weighted by Crippen LogP contribution is 2.23. The Morgan fingerprint density at radius 2 is 2.15 bits per heavy atom. The molecule has 0 radical (unpaired) electrons. The summed E-state index contributed by atoms with van der Waals surface area (Å²) in [5, 5.41) is 21.9. The number of carbonyl (C=O) groups is 2. The molecule has 20 heavy (non-hydrogen) atoms. The third-order valence-electron chi connectivity index (χ3n) is 2.64. The third-order valence-corrected chi connectivity index (χ3v) is 2.64. The highest BCUT2D eigenvalue weighted by Gasteiger charge is 2.22. The number of nitrogens with one attached hydrogen (secondary N) is 1. The highest BCUT2D eigenvalue weighted by molar-refractivity contribution is 5.98. The van der Waals surface area contributed by atoms with E-state index in [9.17, 15) is 19.7 Å². The quantitative estimate of drug-likeness (QED) is 0.594. The van der Waals surface area contributed by atoms with E-state index in [2.05, 4.69) is 5.32 Å². The summed E-state index contributed by atoms with van der Waals surface area (Å²) in [4.78, 5) is 32.7. The fourth-order valence-electron chi connectivity index (χ4n) is 1.41.